The first-order valence-electron chi connectivity index (χ1n) is 14.6. The molecule has 4 aromatic carbocycles. The van der Waals surface area contributed by atoms with Gasteiger partial charge in [-0.1, -0.05) is 56.7 Å². The zero-order chi connectivity index (χ0) is 28.9. The van der Waals surface area contributed by atoms with E-state index in [9.17, 15) is 19.5 Å². The minimum atomic E-state index is -1.12. The van der Waals surface area contributed by atoms with E-state index in [4.69, 9.17) is 0 Å². The van der Waals surface area contributed by atoms with E-state index >= 15 is 0 Å². The highest BCUT2D eigenvalue weighted by atomic mass is 16.4. The molecule has 0 saturated heterocycles. The summed E-state index contributed by atoms with van der Waals surface area (Å²) in [6.07, 6.45) is 5.07. The molecule has 1 fully saturated rings. The Morgan fingerprint density at radius 3 is 2.43 bits per heavy atom. The minimum Gasteiger partial charge on any atom is -0.478 e. The Balaban J connectivity index is 1.18. The van der Waals surface area contributed by atoms with Crippen LogP contribution in [-0.2, 0) is 5.41 Å². The number of nitrogens with zero attached hydrogens (tertiary/aromatic N) is 1. The molecule has 5 nitrogen and oxygen atoms in total. The van der Waals surface area contributed by atoms with Crippen LogP contribution in [0.5, 0.6) is 0 Å². The highest BCUT2D eigenvalue weighted by Gasteiger charge is 2.43. The van der Waals surface area contributed by atoms with Crippen LogP contribution in [0.3, 0.4) is 0 Å². The predicted molar refractivity (Wildman–Crippen MR) is 163 cm³/mol. The summed E-state index contributed by atoms with van der Waals surface area (Å²) in [7, 11) is 0. The molecule has 3 aliphatic carbocycles. The molecule has 1 heterocycles. The highest BCUT2D eigenvalue weighted by molar-refractivity contribution is 6.41. The smallest absolute Gasteiger partial charge is 0.335 e. The fourth-order valence-corrected chi connectivity index (χ4v) is 7.90. The summed E-state index contributed by atoms with van der Waals surface area (Å²) in [4.78, 5) is 40.2. The number of Topliss-reactive ketones (excluding diaryl/α,β-unsaturated/α-hetero) is 2. The van der Waals surface area contributed by atoms with Gasteiger partial charge in [-0.25, -0.2) is 4.79 Å². The molecule has 8 rings (SSSR count). The summed E-state index contributed by atoms with van der Waals surface area (Å²) in [6, 6.07) is 26.4. The van der Waals surface area contributed by atoms with Crippen LogP contribution in [0.15, 0.2) is 84.4 Å². The maximum atomic E-state index is 13.2. The zero-order valence-electron chi connectivity index (χ0n) is 23.5. The second-order valence-electron chi connectivity index (χ2n) is 12.5. The number of ketones is 2. The number of carboxylic acids is 1. The van der Waals surface area contributed by atoms with Crippen molar-refractivity contribution in [1.82, 2.24) is 0 Å². The average Bonchev–Trinajstić information content (AvgIpc) is 3.70. The summed E-state index contributed by atoms with van der Waals surface area (Å²) in [6.45, 7) is 4.62. The quantitative estimate of drug-likeness (QED) is 0.207. The van der Waals surface area contributed by atoms with Gasteiger partial charge in [0, 0.05) is 39.9 Å². The lowest BCUT2D eigenvalue weighted by molar-refractivity contribution is 0.0696. The van der Waals surface area contributed by atoms with Crippen molar-refractivity contribution in [3.05, 3.63) is 123 Å². The Morgan fingerprint density at radius 1 is 0.833 bits per heavy atom. The third kappa shape index (κ3) is 3.34. The van der Waals surface area contributed by atoms with Gasteiger partial charge in [0.1, 0.15) is 0 Å². The van der Waals surface area contributed by atoms with E-state index in [1.807, 2.05) is 6.07 Å². The topological polar surface area (TPSA) is 74.7 Å². The lowest BCUT2D eigenvalue weighted by Gasteiger charge is -2.29. The standard InChI is InChI=1S/C37H29NO4/c1-37(2)30-8-4-3-6-23(30)24-14-12-22(19-31(24)37)38-32-9-5-7-25(32)27-16-20(10-15-33(27)38)17-29-34(39)26-13-11-21(36(41)42)18-28(26)35(29)40/h3-4,6,8,10-19,25,32H,5,7,9H2,1-2H3,(H,41,42)/b29-17+. The van der Waals surface area contributed by atoms with E-state index < -0.39 is 11.8 Å². The number of carboxylic acid groups (broad SMARTS) is 1. The molecule has 0 aromatic heterocycles. The molecule has 2 unspecified atom stereocenters. The van der Waals surface area contributed by atoms with Gasteiger partial charge in [0.15, 0.2) is 11.6 Å². The highest BCUT2D eigenvalue weighted by Crippen LogP contribution is 2.55. The molecule has 0 amide bonds. The molecule has 0 spiro atoms. The average molecular weight is 552 g/mol. The van der Waals surface area contributed by atoms with Gasteiger partial charge in [0.25, 0.3) is 0 Å². The third-order valence-corrected chi connectivity index (χ3v) is 9.92. The van der Waals surface area contributed by atoms with Crippen molar-refractivity contribution in [2.45, 2.75) is 50.5 Å². The number of aromatic carboxylic acids is 1. The molecule has 2 atom stereocenters. The molecule has 5 heteroatoms. The Hall–Kier alpha value is -4.77. The number of fused-ring (bicyclic) bond motifs is 7. The summed E-state index contributed by atoms with van der Waals surface area (Å²) < 4.78 is 0. The van der Waals surface area contributed by atoms with Crippen LogP contribution in [-0.4, -0.2) is 28.7 Å². The van der Waals surface area contributed by atoms with Crippen molar-refractivity contribution in [2.24, 2.45) is 0 Å². The molecule has 206 valence electrons. The Kier molecular flexibility index (Phi) is 5.13. The molecular formula is C37H29NO4. The molecular weight excluding hydrogens is 522 g/mol. The van der Waals surface area contributed by atoms with Crippen LogP contribution in [0, 0.1) is 0 Å². The van der Waals surface area contributed by atoms with E-state index in [1.54, 1.807) is 6.08 Å². The largest absolute Gasteiger partial charge is 0.478 e. The fraction of sp³-hybridized carbons (Fsp3) is 0.216. The lowest BCUT2D eigenvalue weighted by Crippen LogP contribution is -2.27. The summed E-state index contributed by atoms with van der Waals surface area (Å²) >= 11 is 0. The van der Waals surface area contributed by atoms with Gasteiger partial charge in [-0.15, -0.1) is 0 Å². The van der Waals surface area contributed by atoms with Gasteiger partial charge in [-0.3, -0.25) is 9.59 Å². The van der Waals surface area contributed by atoms with Gasteiger partial charge < -0.3 is 10.0 Å². The number of hydrogen-bond acceptors (Lipinski definition) is 4. The van der Waals surface area contributed by atoms with E-state index in [1.165, 1.54) is 57.4 Å². The molecule has 0 bridgehead atoms. The van der Waals surface area contributed by atoms with Gasteiger partial charge in [0.2, 0.25) is 0 Å². The number of hydrogen-bond donors (Lipinski definition) is 1. The van der Waals surface area contributed by atoms with Crippen LogP contribution in [0.25, 0.3) is 17.2 Å². The number of carbonyl (C=O) groups excluding carboxylic acids is 2. The fourth-order valence-electron chi connectivity index (χ4n) is 7.90. The van der Waals surface area contributed by atoms with Crippen LogP contribution in [0.2, 0.25) is 0 Å². The first-order chi connectivity index (χ1) is 20.2. The van der Waals surface area contributed by atoms with Crippen LogP contribution in [0.1, 0.15) is 92.4 Å². The Labute approximate surface area is 244 Å². The first kappa shape index (κ1) is 25.0. The van der Waals surface area contributed by atoms with E-state index in [0.29, 0.717) is 12.0 Å². The predicted octanol–water partition coefficient (Wildman–Crippen LogP) is 7.94. The molecule has 1 aliphatic heterocycles. The SMILES string of the molecule is CC1(C)c2ccccc2-c2ccc(N3c4ccc(/C=C5\C(=O)c6ccc(C(=O)O)cc6C5=O)cc4C4CCCC43)cc21. The van der Waals surface area contributed by atoms with Crippen molar-refractivity contribution in [3.63, 3.8) is 0 Å². The molecule has 1 saturated carbocycles. The third-order valence-electron chi connectivity index (χ3n) is 9.92. The molecule has 0 radical (unpaired) electrons. The van der Waals surface area contributed by atoms with Gasteiger partial charge >= 0.3 is 5.97 Å². The number of anilines is 2. The zero-order valence-corrected chi connectivity index (χ0v) is 23.5. The first-order valence-corrected chi connectivity index (χ1v) is 14.6. The molecule has 42 heavy (non-hydrogen) atoms. The second-order valence-corrected chi connectivity index (χ2v) is 12.5. The summed E-state index contributed by atoms with van der Waals surface area (Å²) in [5.41, 5.74) is 10.3. The van der Waals surface area contributed by atoms with Crippen molar-refractivity contribution in [3.8, 4) is 11.1 Å². The number of rotatable bonds is 3. The molecule has 4 aliphatic rings. The number of carbonyl (C=O) groups is 3. The van der Waals surface area contributed by atoms with Gasteiger partial charge in [0.05, 0.1) is 11.1 Å². The van der Waals surface area contributed by atoms with E-state index in [-0.39, 0.29) is 33.5 Å². The normalized spacial score (nSPS) is 21.8. The van der Waals surface area contributed by atoms with Gasteiger partial charge in [-0.05, 0) is 94.8 Å². The van der Waals surface area contributed by atoms with Gasteiger partial charge in [-0.2, -0.15) is 0 Å². The number of allylic oxidation sites excluding steroid dienone is 1. The van der Waals surface area contributed by atoms with Crippen molar-refractivity contribution in [2.75, 3.05) is 4.90 Å². The number of benzene rings is 4. The maximum absolute atomic E-state index is 13.2. The van der Waals surface area contributed by atoms with Crippen LogP contribution < -0.4 is 4.90 Å². The van der Waals surface area contributed by atoms with Crippen molar-refractivity contribution >= 4 is 35.0 Å². The summed E-state index contributed by atoms with van der Waals surface area (Å²) in [5, 5.41) is 9.34. The molecule has 4 aromatic rings. The Morgan fingerprint density at radius 2 is 1.60 bits per heavy atom. The van der Waals surface area contributed by atoms with Crippen LogP contribution >= 0.6 is 0 Å². The monoisotopic (exact) mass is 551 g/mol. The van der Waals surface area contributed by atoms with Crippen molar-refractivity contribution < 1.29 is 19.5 Å². The molecule has 1 N–H and O–H groups in total. The maximum Gasteiger partial charge on any atom is 0.335 e. The second kappa shape index (κ2) is 8.62. The summed E-state index contributed by atoms with van der Waals surface area (Å²) in [5.74, 6) is -1.50. The van der Waals surface area contributed by atoms with Crippen LogP contribution in [0.4, 0.5) is 11.4 Å². The van der Waals surface area contributed by atoms with Crippen molar-refractivity contribution in [1.29, 1.82) is 0 Å². The minimum absolute atomic E-state index is 0.000120. The van der Waals surface area contributed by atoms with E-state index in [2.05, 4.69) is 73.3 Å². The Bertz CT molecular complexity index is 1930. The lowest BCUT2D eigenvalue weighted by atomic mass is 9.82. The van der Waals surface area contributed by atoms with E-state index in [0.717, 1.165) is 24.8 Å².